The molecule has 0 radical (unpaired) electrons. The van der Waals surface area contributed by atoms with Crippen molar-refractivity contribution in [3.05, 3.63) is 73.4 Å². The number of amides is 1. The fourth-order valence-electron chi connectivity index (χ4n) is 3.88. The molecule has 4 aromatic rings. The van der Waals surface area contributed by atoms with E-state index < -0.39 is 0 Å². The molecule has 1 aromatic heterocycles. The van der Waals surface area contributed by atoms with Crippen LogP contribution >= 0.6 is 45.2 Å². The summed E-state index contributed by atoms with van der Waals surface area (Å²) in [5.41, 5.74) is 6.08. The Morgan fingerprint density at radius 3 is 2.26 bits per heavy atom. The second-order valence-electron chi connectivity index (χ2n) is 8.12. The maximum absolute atomic E-state index is 12.4. The fourth-order valence-corrected chi connectivity index (χ4v) is 4.87. The number of carbonyl (C=O) groups excluding carboxylic acids is 1. The summed E-state index contributed by atoms with van der Waals surface area (Å²) < 4.78 is 10.3. The second kappa shape index (κ2) is 12.0. The zero-order chi connectivity index (χ0) is 23.9. The van der Waals surface area contributed by atoms with Gasteiger partial charge in [-0.1, -0.05) is 25.5 Å². The number of fused-ring (bicyclic) bond motifs is 3. The minimum absolute atomic E-state index is 0.0954. The molecule has 1 heterocycles. The number of nitrogens with zero attached hydrogens (tertiary/aromatic N) is 2. The largest absolute Gasteiger partial charge is 0.494 e. The number of unbranched alkanes of at least 4 members (excludes halogenated alkanes) is 1. The predicted octanol–water partition coefficient (Wildman–Crippen LogP) is 6.92. The summed E-state index contributed by atoms with van der Waals surface area (Å²) in [6.07, 6.45) is 4.92. The number of aromatic nitrogens is 1. The van der Waals surface area contributed by atoms with Crippen LogP contribution in [0.4, 0.5) is 0 Å². The molecule has 34 heavy (non-hydrogen) atoms. The van der Waals surface area contributed by atoms with E-state index in [-0.39, 0.29) is 5.91 Å². The second-order valence-corrected chi connectivity index (χ2v) is 10.6. The van der Waals surface area contributed by atoms with Crippen LogP contribution in [0, 0.1) is 7.14 Å². The van der Waals surface area contributed by atoms with Crippen LogP contribution in [0.2, 0.25) is 0 Å². The minimum Gasteiger partial charge on any atom is -0.494 e. The zero-order valence-corrected chi connectivity index (χ0v) is 23.4. The number of hydrogen-bond donors (Lipinski definition) is 1. The molecule has 0 saturated carbocycles. The number of rotatable bonds is 10. The molecule has 176 valence electrons. The number of halogens is 2. The quantitative estimate of drug-likeness (QED) is 0.0858. The lowest BCUT2D eigenvalue weighted by Gasteiger charge is -2.07. The Morgan fingerprint density at radius 1 is 1.00 bits per heavy atom. The van der Waals surface area contributed by atoms with E-state index in [4.69, 9.17) is 4.74 Å². The first kappa shape index (κ1) is 25.0. The molecule has 0 unspecified atom stereocenters. The maximum atomic E-state index is 12.4. The van der Waals surface area contributed by atoms with Crippen molar-refractivity contribution in [1.29, 1.82) is 0 Å². The van der Waals surface area contributed by atoms with E-state index in [0.29, 0.717) is 19.4 Å². The molecule has 5 nitrogen and oxygen atoms in total. The molecule has 0 aliphatic heterocycles. The Balaban J connectivity index is 1.33. The monoisotopic (exact) mass is 679 g/mol. The smallest absolute Gasteiger partial charge is 0.241 e. The van der Waals surface area contributed by atoms with E-state index in [1.807, 2.05) is 24.3 Å². The summed E-state index contributed by atoms with van der Waals surface area (Å²) >= 11 is 4.69. The van der Waals surface area contributed by atoms with Gasteiger partial charge < -0.3 is 9.30 Å². The molecule has 0 aliphatic carbocycles. The van der Waals surface area contributed by atoms with Gasteiger partial charge >= 0.3 is 0 Å². The summed E-state index contributed by atoms with van der Waals surface area (Å²) in [6, 6.07) is 20.9. The van der Waals surface area contributed by atoms with Crippen molar-refractivity contribution in [3.8, 4) is 5.75 Å². The molecule has 7 heteroatoms. The van der Waals surface area contributed by atoms with E-state index in [9.17, 15) is 4.79 Å². The van der Waals surface area contributed by atoms with Crippen molar-refractivity contribution in [3.63, 3.8) is 0 Å². The first-order valence-corrected chi connectivity index (χ1v) is 13.6. The SMILES string of the molecule is CCCCOc1ccc(C/C=N/NC(=O)CCn2c3ccc(I)cc3c3cc(I)ccc32)cc1. The highest BCUT2D eigenvalue weighted by Crippen LogP contribution is 2.31. The Kier molecular flexibility index (Phi) is 8.82. The van der Waals surface area contributed by atoms with Crippen LogP contribution in [0.25, 0.3) is 21.8 Å². The van der Waals surface area contributed by atoms with Crippen molar-refractivity contribution in [2.75, 3.05) is 6.61 Å². The van der Waals surface area contributed by atoms with Gasteiger partial charge in [0.1, 0.15) is 5.75 Å². The van der Waals surface area contributed by atoms with E-state index in [2.05, 4.69) is 104 Å². The van der Waals surface area contributed by atoms with Crippen molar-refractivity contribution in [2.45, 2.75) is 39.2 Å². The molecule has 1 amide bonds. The van der Waals surface area contributed by atoms with Crippen molar-refractivity contribution < 1.29 is 9.53 Å². The minimum atomic E-state index is -0.0954. The number of ether oxygens (including phenoxy) is 1. The lowest BCUT2D eigenvalue weighted by molar-refractivity contribution is -0.121. The molecule has 0 bridgehead atoms. The Hall–Kier alpha value is -2.14. The first-order chi connectivity index (χ1) is 16.5. The van der Waals surface area contributed by atoms with E-state index >= 15 is 0 Å². The third-order valence-corrected chi connectivity index (χ3v) is 6.99. The average Bonchev–Trinajstić information content (AvgIpc) is 3.13. The summed E-state index contributed by atoms with van der Waals surface area (Å²) in [6.45, 7) is 3.49. The van der Waals surface area contributed by atoms with Gasteiger partial charge in [-0.2, -0.15) is 5.10 Å². The maximum Gasteiger partial charge on any atom is 0.241 e. The van der Waals surface area contributed by atoms with Crippen molar-refractivity contribution in [2.24, 2.45) is 5.10 Å². The number of hydrazone groups is 1. The lowest BCUT2D eigenvalue weighted by Crippen LogP contribution is -2.19. The summed E-state index contributed by atoms with van der Waals surface area (Å²) in [4.78, 5) is 12.4. The highest BCUT2D eigenvalue weighted by molar-refractivity contribution is 14.1. The number of benzene rings is 3. The number of aryl methyl sites for hydroxylation is 1. The zero-order valence-electron chi connectivity index (χ0n) is 19.1. The molecule has 0 saturated heterocycles. The topological polar surface area (TPSA) is 55.6 Å². The number of carbonyl (C=O) groups is 1. The van der Waals surface area contributed by atoms with E-state index in [0.717, 1.165) is 41.8 Å². The van der Waals surface area contributed by atoms with Crippen LogP contribution in [-0.2, 0) is 17.8 Å². The van der Waals surface area contributed by atoms with Crippen LogP contribution in [0.5, 0.6) is 5.75 Å². The highest BCUT2D eigenvalue weighted by atomic mass is 127. The molecule has 0 spiro atoms. The standard InChI is InChI=1S/C27H27I2N3O2/c1-2-3-16-34-22-8-4-19(5-9-22)12-14-30-31-27(33)13-15-32-25-10-6-20(28)17-23(25)24-18-21(29)7-11-26(24)32/h4-11,14,17-18H,2-3,12-13,15-16H2,1H3,(H,31,33)/b30-14+. The van der Waals surface area contributed by atoms with Gasteiger partial charge in [0, 0.05) is 54.5 Å². The van der Waals surface area contributed by atoms with Crippen LogP contribution in [0.1, 0.15) is 31.7 Å². The van der Waals surface area contributed by atoms with Gasteiger partial charge in [-0.3, -0.25) is 4.79 Å². The first-order valence-electron chi connectivity index (χ1n) is 11.4. The van der Waals surface area contributed by atoms with E-state index in [1.54, 1.807) is 6.21 Å². The number of hydrogen-bond acceptors (Lipinski definition) is 3. The predicted molar refractivity (Wildman–Crippen MR) is 157 cm³/mol. The molecular weight excluding hydrogens is 652 g/mol. The molecule has 0 fully saturated rings. The Morgan fingerprint density at radius 2 is 1.65 bits per heavy atom. The lowest BCUT2D eigenvalue weighted by atomic mass is 10.1. The van der Waals surface area contributed by atoms with Gasteiger partial charge in [-0.25, -0.2) is 5.43 Å². The van der Waals surface area contributed by atoms with Crippen molar-refractivity contribution >= 4 is 79.1 Å². The van der Waals surface area contributed by atoms with Crippen molar-refractivity contribution in [1.82, 2.24) is 9.99 Å². The Labute approximate surface area is 227 Å². The molecule has 0 atom stereocenters. The summed E-state index contributed by atoms with van der Waals surface area (Å²) in [7, 11) is 0. The molecule has 4 rings (SSSR count). The molecule has 3 aromatic carbocycles. The van der Waals surface area contributed by atoms with Gasteiger partial charge in [0.15, 0.2) is 0 Å². The normalized spacial score (nSPS) is 11.5. The van der Waals surface area contributed by atoms with Crippen LogP contribution < -0.4 is 10.2 Å². The Bertz CT molecular complexity index is 1250. The fraction of sp³-hybridized carbons (Fsp3) is 0.259. The molecule has 0 aliphatic rings. The third-order valence-electron chi connectivity index (χ3n) is 5.65. The van der Waals surface area contributed by atoms with Crippen LogP contribution in [-0.4, -0.2) is 23.3 Å². The molecule has 1 N–H and O–H groups in total. The van der Waals surface area contributed by atoms with Crippen LogP contribution in [0.3, 0.4) is 0 Å². The van der Waals surface area contributed by atoms with Gasteiger partial charge in [0.05, 0.1) is 6.61 Å². The van der Waals surface area contributed by atoms with Gasteiger partial charge in [0.25, 0.3) is 0 Å². The van der Waals surface area contributed by atoms with Crippen LogP contribution in [0.15, 0.2) is 65.8 Å². The van der Waals surface area contributed by atoms with E-state index in [1.165, 1.54) is 17.9 Å². The number of nitrogens with one attached hydrogen (secondary N) is 1. The van der Waals surface area contributed by atoms with Gasteiger partial charge in [-0.15, -0.1) is 0 Å². The van der Waals surface area contributed by atoms with Gasteiger partial charge in [-0.05, 0) is 106 Å². The average molecular weight is 679 g/mol. The summed E-state index contributed by atoms with van der Waals surface area (Å²) in [5, 5.41) is 6.58. The highest BCUT2D eigenvalue weighted by Gasteiger charge is 2.12. The third kappa shape index (κ3) is 6.29. The summed E-state index contributed by atoms with van der Waals surface area (Å²) in [5.74, 6) is 0.791. The molecular formula is C27H27I2N3O2. The van der Waals surface area contributed by atoms with Gasteiger partial charge in [0.2, 0.25) is 5.91 Å².